The van der Waals surface area contributed by atoms with E-state index in [1.807, 2.05) is 36.4 Å². The summed E-state index contributed by atoms with van der Waals surface area (Å²) in [5.74, 6) is -0.156. The molecule has 7 heteroatoms. The summed E-state index contributed by atoms with van der Waals surface area (Å²) in [6.45, 7) is 1.82. The summed E-state index contributed by atoms with van der Waals surface area (Å²) < 4.78 is 13.5. The van der Waals surface area contributed by atoms with E-state index in [2.05, 4.69) is 15.2 Å². The Morgan fingerprint density at radius 2 is 2.19 bits per heavy atom. The maximum absolute atomic E-state index is 13.5. The number of nitrogens with one attached hydrogen (secondary N) is 1. The summed E-state index contributed by atoms with van der Waals surface area (Å²) in [5, 5.41) is 13.8. The molecule has 0 spiro atoms. The van der Waals surface area contributed by atoms with Crippen molar-refractivity contribution in [1.29, 1.82) is 5.26 Å². The third-order valence-electron chi connectivity index (χ3n) is 5.36. The van der Waals surface area contributed by atoms with Crippen LogP contribution in [0, 0.1) is 11.3 Å². The molecule has 1 aromatic carbocycles. The molecule has 0 aliphatic carbocycles. The first kappa shape index (κ1) is 17.7. The molecular weight excluding hydrogens is 345 g/mol. The van der Waals surface area contributed by atoms with Gasteiger partial charge in [0.1, 0.15) is 12.2 Å². The van der Waals surface area contributed by atoms with Crippen LogP contribution < -0.4 is 5.32 Å². The van der Waals surface area contributed by atoms with Gasteiger partial charge in [0.2, 0.25) is 5.91 Å². The molecule has 4 rings (SSSR count). The van der Waals surface area contributed by atoms with Crippen molar-refractivity contribution in [2.45, 2.75) is 31.1 Å². The van der Waals surface area contributed by atoms with Gasteiger partial charge in [-0.1, -0.05) is 18.2 Å². The fourth-order valence-electron chi connectivity index (χ4n) is 4.00. The molecule has 0 radical (unpaired) electrons. The molecule has 3 heterocycles. The summed E-state index contributed by atoms with van der Waals surface area (Å²) >= 11 is 0. The number of fused-ring (bicyclic) bond motifs is 1. The van der Waals surface area contributed by atoms with Gasteiger partial charge in [0, 0.05) is 42.8 Å². The average Bonchev–Trinajstić information content (AvgIpc) is 3.28. The molecule has 2 saturated heterocycles. The van der Waals surface area contributed by atoms with Gasteiger partial charge in [0.25, 0.3) is 0 Å². The summed E-state index contributed by atoms with van der Waals surface area (Å²) in [5.41, 5.74) is 1.99. The second kappa shape index (κ2) is 7.49. The maximum atomic E-state index is 13.5. The number of nitrogens with zero attached hydrogens (tertiary/aromatic N) is 4. The van der Waals surface area contributed by atoms with E-state index in [1.165, 1.54) is 4.90 Å². The van der Waals surface area contributed by atoms with E-state index >= 15 is 0 Å². The van der Waals surface area contributed by atoms with Crippen LogP contribution in [0.4, 0.5) is 10.1 Å². The van der Waals surface area contributed by atoms with Gasteiger partial charge in [-0.25, -0.2) is 4.39 Å². The molecule has 1 aromatic heterocycles. The number of pyridine rings is 1. The van der Waals surface area contributed by atoms with Gasteiger partial charge < -0.3 is 10.2 Å². The van der Waals surface area contributed by atoms with E-state index in [4.69, 9.17) is 5.26 Å². The Morgan fingerprint density at radius 3 is 3.04 bits per heavy atom. The number of nitriles is 1. The lowest BCUT2D eigenvalue weighted by molar-refractivity contribution is -0.132. The van der Waals surface area contributed by atoms with Crippen molar-refractivity contribution in [3.05, 3.63) is 36.5 Å². The highest BCUT2D eigenvalue weighted by Crippen LogP contribution is 2.24. The molecule has 3 atom stereocenters. The van der Waals surface area contributed by atoms with Crippen LogP contribution in [-0.2, 0) is 4.79 Å². The first-order valence-electron chi connectivity index (χ1n) is 9.30. The van der Waals surface area contributed by atoms with Crippen molar-refractivity contribution in [1.82, 2.24) is 14.8 Å². The third-order valence-corrected chi connectivity index (χ3v) is 5.36. The normalized spacial score (nSPS) is 25.6. The SMILES string of the molecule is N#C[C@@H]1C[C@H](F)CN1C(=O)CN1CC[C@@H](Nc2ccnc3ccccc23)C1. The van der Waals surface area contributed by atoms with Crippen LogP contribution in [0.1, 0.15) is 12.8 Å². The van der Waals surface area contributed by atoms with Crippen LogP contribution in [0.3, 0.4) is 0 Å². The molecule has 0 bridgehead atoms. The summed E-state index contributed by atoms with van der Waals surface area (Å²) in [7, 11) is 0. The number of amides is 1. The molecule has 27 heavy (non-hydrogen) atoms. The van der Waals surface area contributed by atoms with Crippen molar-refractivity contribution in [2.24, 2.45) is 0 Å². The molecule has 1 N–H and O–H groups in total. The number of likely N-dealkylation sites (tertiary alicyclic amines) is 2. The first-order valence-corrected chi connectivity index (χ1v) is 9.30. The van der Waals surface area contributed by atoms with Crippen LogP contribution in [0.2, 0.25) is 0 Å². The number of alkyl halides is 1. The molecule has 0 saturated carbocycles. The summed E-state index contributed by atoms with van der Waals surface area (Å²) in [6.07, 6.45) is 1.76. The summed E-state index contributed by atoms with van der Waals surface area (Å²) in [4.78, 5) is 20.3. The lowest BCUT2D eigenvalue weighted by Gasteiger charge is -2.23. The van der Waals surface area contributed by atoms with E-state index in [0.29, 0.717) is 0 Å². The summed E-state index contributed by atoms with van der Waals surface area (Å²) in [6, 6.07) is 11.6. The van der Waals surface area contributed by atoms with Gasteiger partial charge in [-0.05, 0) is 18.6 Å². The maximum Gasteiger partial charge on any atom is 0.237 e. The minimum atomic E-state index is -1.09. The van der Waals surface area contributed by atoms with Gasteiger partial charge >= 0.3 is 0 Å². The van der Waals surface area contributed by atoms with Crippen molar-refractivity contribution >= 4 is 22.5 Å². The number of halogens is 1. The van der Waals surface area contributed by atoms with Gasteiger partial charge in [-0.3, -0.25) is 14.7 Å². The second-order valence-corrected chi connectivity index (χ2v) is 7.26. The average molecular weight is 367 g/mol. The van der Waals surface area contributed by atoms with Gasteiger partial charge in [0.15, 0.2) is 0 Å². The number of hydrogen-bond acceptors (Lipinski definition) is 5. The Labute approximate surface area is 157 Å². The van der Waals surface area contributed by atoms with Crippen LogP contribution in [-0.4, -0.2) is 65.1 Å². The first-order chi connectivity index (χ1) is 13.1. The van der Waals surface area contributed by atoms with E-state index in [-0.39, 0.29) is 31.5 Å². The zero-order valence-electron chi connectivity index (χ0n) is 15.0. The number of para-hydroxylation sites is 1. The van der Waals surface area contributed by atoms with E-state index < -0.39 is 12.2 Å². The highest BCUT2D eigenvalue weighted by Gasteiger charge is 2.36. The molecule has 140 valence electrons. The molecule has 2 aliphatic heterocycles. The van der Waals surface area contributed by atoms with Crippen LogP contribution in [0.25, 0.3) is 10.9 Å². The topological polar surface area (TPSA) is 72.3 Å². The Bertz CT molecular complexity index is 877. The fraction of sp³-hybridized carbons (Fsp3) is 0.450. The molecule has 6 nitrogen and oxygen atoms in total. The Kier molecular flexibility index (Phi) is 4.90. The van der Waals surface area contributed by atoms with Crippen molar-refractivity contribution < 1.29 is 9.18 Å². The van der Waals surface area contributed by atoms with Crippen LogP contribution in [0.5, 0.6) is 0 Å². The molecule has 0 unspecified atom stereocenters. The van der Waals surface area contributed by atoms with Gasteiger partial charge in [-0.2, -0.15) is 5.26 Å². The number of aromatic nitrogens is 1. The predicted octanol–water partition coefficient (Wildman–Crippen LogP) is 2.18. The number of hydrogen-bond donors (Lipinski definition) is 1. The van der Waals surface area contributed by atoms with Crippen LogP contribution >= 0.6 is 0 Å². The standard InChI is InChI=1S/C20H22FN5O/c21-14-9-16(10-22)26(11-14)20(27)13-25-8-6-15(12-25)24-19-5-7-23-18-4-2-1-3-17(18)19/h1-5,7,14-16H,6,8-9,11-13H2,(H,23,24)/t14-,15+,16-/m0/s1. The Balaban J connectivity index is 1.36. The number of rotatable bonds is 4. The van der Waals surface area contributed by atoms with Crippen molar-refractivity contribution in [3.63, 3.8) is 0 Å². The minimum Gasteiger partial charge on any atom is -0.380 e. The number of anilines is 1. The highest BCUT2D eigenvalue weighted by molar-refractivity contribution is 5.91. The van der Waals surface area contributed by atoms with Gasteiger partial charge in [0.05, 0.1) is 24.7 Å². The number of carbonyl (C=O) groups excluding carboxylic acids is 1. The molecule has 2 aromatic rings. The minimum absolute atomic E-state index is 0.0373. The lowest BCUT2D eigenvalue weighted by Crippen LogP contribution is -2.42. The monoisotopic (exact) mass is 367 g/mol. The van der Waals surface area contributed by atoms with E-state index in [0.717, 1.165) is 36.1 Å². The van der Waals surface area contributed by atoms with Crippen molar-refractivity contribution in [2.75, 3.05) is 31.5 Å². The lowest BCUT2D eigenvalue weighted by atomic mass is 10.1. The Hall–Kier alpha value is -2.72. The van der Waals surface area contributed by atoms with Gasteiger partial charge in [-0.15, -0.1) is 0 Å². The largest absolute Gasteiger partial charge is 0.380 e. The smallest absolute Gasteiger partial charge is 0.237 e. The fourth-order valence-corrected chi connectivity index (χ4v) is 4.00. The zero-order chi connectivity index (χ0) is 18.8. The highest BCUT2D eigenvalue weighted by atomic mass is 19.1. The Morgan fingerprint density at radius 1 is 1.33 bits per heavy atom. The molecular formula is C20H22FN5O. The van der Waals surface area contributed by atoms with Crippen LogP contribution in [0.15, 0.2) is 36.5 Å². The molecule has 1 amide bonds. The number of carbonyl (C=O) groups is 1. The molecule has 2 aliphatic rings. The van der Waals surface area contributed by atoms with E-state index in [9.17, 15) is 9.18 Å². The zero-order valence-corrected chi connectivity index (χ0v) is 15.0. The van der Waals surface area contributed by atoms with E-state index in [1.54, 1.807) is 6.20 Å². The predicted molar refractivity (Wildman–Crippen MR) is 101 cm³/mol. The quantitative estimate of drug-likeness (QED) is 0.897. The third kappa shape index (κ3) is 3.71. The second-order valence-electron chi connectivity index (χ2n) is 7.26. The number of benzene rings is 1. The van der Waals surface area contributed by atoms with Crippen molar-refractivity contribution in [3.8, 4) is 6.07 Å². The molecule has 2 fully saturated rings.